The predicted octanol–water partition coefficient (Wildman–Crippen LogP) is 3.94. The number of halogens is 2. The first-order chi connectivity index (χ1) is 15.4. The Labute approximate surface area is 196 Å². The number of aryl methyl sites for hydroxylation is 1. The molecule has 4 rings (SSSR count). The number of hydrogen-bond acceptors (Lipinski definition) is 4. The zero-order valence-corrected chi connectivity index (χ0v) is 19.1. The number of nitrogens with one attached hydrogen (secondary N) is 1. The lowest BCUT2D eigenvalue weighted by molar-refractivity contribution is 0.0622. The van der Waals surface area contributed by atoms with Gasteiger partial charge < -0.3 is 10.2 Å². The second-order valence-corrected chi connectivity index (χ2v) is 8.51. The van der Waals surface area contributed by atoms with Crippen molar-refractivity contribution in [3.63, 3.8) is 0 Å². The minimum absolute atomic E-state index is 0.148. The number of benzene rings is 2. The molecule has 2 aromatic carbocycles. The summed E-state index contributed by atoms with van der Waals surface area (Å²) in [5.74, 6) is -0.0713. The second kappa shape index (κ2) is 9.73. The fraction of sp³-hybridized carbons (Fsp3) is 0.261. The SMILES string of the molecule is Cn1nc(C(=O)N2CCN(Cc3ccc(Cl)cc3)CC2)cc1NC(=O)c1ccccc1Cl. The fourth-order valence-electron chi connectivity index (χ4n) is 3.64. The van der Waals surface area contributed by atoms with Gasteiger partial charge in [-0.05, 0) is 29.8 Å². The molecule has 1 aromatic heterocycles. The van der Waals surface area contributed by atoms with Gasteiger partial charge in [0.25, 0.3) is 11.8 Å². The Morgan fingerprint density at radius 3 is 2.38 bits per heavy atom. The average molecular weight is 472 g/mol. The molecule has 1 fully saturated rings. The lowest BCUT2D eigenvalue weighted by Crippen LogP contribution is -2.48. The first kappa shape index (κ1) is 22.3. The van der Waals surface area contributed by atoms with Gasteiger partial charge in [-0.2, -0.15) is 5.10 Å². The number of carbonyl (C=O) groups excluding carboxylic acids is 2. The summed E-state index contributed by atoms with van der Waals surface area (Å²) in [6, 6.07) is 16.2. The Kier molecular flexibility index (Phi) is 6.79. The second-order valence-electron chi connectivity index (χ2n) is 7.67. The van der Waals surface area contributed by atoms with Crippen LogP contribution in [0.15, 0.2) is 54.6 Å². The highest BCUT2D eigenvalue weighted by Crippen LogP contribution is 2.19. The van der Waals surface area contributed by atoms with E-state index in [1.165, 1.54) is 10.2 Å². The van der Waals surface area contributed by atoms with E-state index in [0.717, 1.165) is 24.7 Å². The van der Waals surface area contributed by atoms with E-state index < -0.39 is 0 Å². The minimum Gasteiger partial charge on any atom is -0.335 e. The molecule has 1 N–H and O–H groups in total. The summed E-state index contributed by atoms with van der Waals surface area (Å²) in [6.07, 6.45) is 0. The highest BCUT2D eigenvalue weighted by Gasteiger charge is 2.25. The van der Waals surface area contributed by atoms with Crippen molar-refractivity contribution in [2.24, 2.45) is 7.05 Å². The third-order valence-corrected chi connectivity index (χ3v) is 6.02. The Morgan fingerprint density at radius 2 is 1.69 bits per heavy atom. The Hall–Kier alpha value is -2.87. The van der Waals surface area contributed by atoms with Gasteiger partial charge in [-0.1, -0.05) is 47.5 Å². The molecule has 1 aliphatic heterocycles. The van der Waals surface area contributed by atoms with Crippen molar-refractivity contribution in [1.29, 1.82) is 0 Å². The van der Waals surface area contributed by atoms with Crippen LogP contribution in [0.2, 0.25) is 10.0 Å². The number of piperazine rings is 1. The molecule has 0 unspecified atom stereocenters. The van der Waals surface area contributed by atoms with Crippen molar-refractivity contribution in [2.45, 2.75) is 6.54 Å². The van der Waals surface area contributed by atoms with Crippen LogP contribution in [0, 0.1) is 0 Å². The Balaban J connectivity index is 1.35. The standard InChI is InChI=1S/C23H23Cl2N5O2/c1-28-21(26-22(31)18-4-2-3-5-19(18)25)14-20(27-28)23(32)30-12-10-29(11-13-30)15-16-6-8-17(24)9-7-16/h2-9,14H,10-13,15H2,1H3,(H,26,31). The van der Waals surface area contributed by atoms with Crippen molar-refractivity contribution in [2.75, 3.05) is 31.5 Å². The van der Waals surface area contributed by atoms with Gasteiger partial charge in [0.2, 0.25) is 0 Å². The van der Waals surface area contributed by atoms with Crippen LogP contribution in [-0.4, -0.2) is 57.6 Å². The van der Waals surface area contributed by atoms with Crippen LogP contribution in [0.1, 0.15) is 26.4 Å². The largest absolute Gasteiger partial charge is 0.335 e. The number of hydrogen-bond donors (Lipinski definition) is 1. The number of amides is 2. The molecule has 1 saturated heterocycles. The molecule has 0 radical (unpaired) electrons. The van der Waals surface area contributed by atoms with Crippen LogP contribution < -0.4 is 5.32 Å². The summed E-state index contributed by atoms with van der Waals surface area (Å²) in [4.78, 5) is 29.6. The van der Waals surface area contributed by atoms with E-state index in [-0.39, 0.29) is 11.8 Å². The first-order valence-electron chi connectivity index (χ1n) is 10.3. The number of nitrogens with zero attached hydrogens (tertiary/aromatic N) is 4. The minimum atomic E-state index is -0.353. The Bertz CT molecular complexity index is 1120. The maximum atomic E-state index is 13.0. The quantitative estimate of drug-likeness (QED) is 0.611. The molecule has 2 heterocycles. The molecule has 0 bridgehead atoms. The smallest absolute Gasteiger partial charge is 0.274 e. The number of rotatable bonds is 5. The third kappa shape index (κ3) is 5.12. The molecule has 0 atom stereocenters. The van der Waals surface area contributed by atoms with Gasteiger partial charge in [0.05, 0.1) is 10.6 Å². The lowest BCUT2D eigenvalue weighted by Gasteiger charge is -2.34. The summed E-state index contributed by atoms with van der Waals surface area (Å²) in [7, 11) is 1.68. The summed E-state index contributed by atoms with van der Waals surface area (Å²) < 4.78 is 1.48. The molecule has 2 amide bonds. The van der Waals surface area contributed by atoms with Gasteiger partial charge in [0.15, 0.2) is 5.69 Å². The molecule has 0 aliphatic carbocycles. The summed E-state index contributed by atoms with van der Waals surface area (Å²) >= 11 is 12.0. The first-order valence-corrected chi connectivity index (χ1v) is 11.0. The number of carbonyl (C=O) groups is 2. The van der Waals surface area contributed by atoms with Crippen molar-refractivity contribution < 1.29 is 9.59 Å². The van der Waals surface area contributed by atoms with Crippen LogP contribution in [0.3, 0.4) is 0 Å². The van der Waals surface area contributed by atoms with Crippen LogP contribution in [0.5, 0.6) is 0 Å². The van der Waals surface area contributed by atoms with E-state index in [2.05, 4.69) is 15.3 Å². The molecule has 32 heavy (non-hydrogen) atoms. The van der Waals surface area contributed by atoms with E-state index in [1.54, 1.807) is 42.3 Å². The normalized spacial score (nSPS) is 14.4. The van der Waals surface area contributed by atoms with Gasteiger partial charge in [0, 0.05) is 50.9 Å². The lowest BCUT2D eigenvalue weighted by atomic mass is 10.2. The number of anilines is 1. The highest BCUT2D eigenvalue weighted by atomic mass is 35.5. The molecule has 7 nitrogen and oxygen atoms in total. The fourth-order valence-corrected chi connectivity index (χ4v) is 3.98. The van der Waals surface area contributed by atoms with Crippen LogP contribution >= 0.6 is 23.2 Å². The van der Waals surface area contributed by atoms with Crippen LogP contribution in [0.25, 0.3) is 0 Å². The van der Waals surface area contributed by atoms with E-state index in [9.17, 15) is 9.59 Å². The maximum Gasteiger partial charge on any atom is 0.274 e. The van der Waals surface area contributed by atoms with Crippen molar-refractivity contribution >= 4 is 40.8 Å². The van der Waals surface area contributed by atoms with Crippen LogP contribution in [0.4, 0.5) is 5.82 Å². The predicted molar refractivity (Wildman–Crippen MR) is 125 cm³/mol. The monoisotopic (exact) mass is 471 g/mol. The maximum absolute atomic E-state index is 13.0. The van der Waals surface area contributed by atoms with Gasteiger partial charge in [-0.25, -0.2) is 0 Å². The van der Waals surface area contributed by atoms with E-state index in [4.69, 9.17) is 23.2 Å². The van der Waals surface area contributed by atoms with E-state index in [0.29, 0.717) is 35.2 Å². The number of aromatic nitrogens is 2. The van der Waals surface area contributed by atoms with Gasteiger partial charge in [0.1, 0.15) is 5.82 Å². The topological polar surface area (TPSA) is 70.5 Å². The molecule has 3 aromatic rings. The highest BCUT2D eigenvalue weighted by molar-refractivity contribution is 6.34. The zero-order valence-electron chi connectivity index (χ0n) is 17.6. The average Bonchev–Trinajstić information content (AvgIpc) is 3.15. The molecule has 1 aliphatic rings. The summed E-state index contributed by atoms with van der Waals surface area (Å²) in [5, 5.41) is 8.16. The van der Waals surface area contributed by atoms with Crippen molar-refractivity contribution in [1.82, 2.24) is 19.6 Å². The molecular formula is C23H23Cl2N5O2. The zero-order chi connectivity index (χ0) is 22.7. The molecule has 0 spiro atoms. The molecule has 166 valence electrons. The van der Waals surface area contributed by atoms with Gasteiger partial charge in [-0.3, -0.25) is 19.2 Å². The summed E-state index contributed by atoms with van der Waals surface area (Å²) in [5.41, 5.74) is 1.85. The molecule has 9 heteroatoms. The summed E-state index contributed by atoms with van der Waals surface area (Å²) in [6.45, 7) is 3.60. The van der Waals surface area contributed by atoms with Crippen molar-refractivity contribution in [3.05, 3.63) is 81.5 Å². The van der Waals surface area contributed by atoms with Gasteiger partial charge in [-0.15, -0.1) is 0 Å². The molecule has 0 saturated carbocycles. The van der Waals surface area contributed by atoms with E-state index >= 15 is 0 Å². The van der Waals surface area contributed by atoms with E-state index in [1.807, 2.05) is 24.3 Å². The van der Waals surface area contributed by atoms with Crippen molar-refractivity contribution in [3.8, 4) is 0 Å². The van der Waals surface area contributed by atoms with Crippen LogP contribution in [-0.2, 0) is 13.6 Å². The third-order valence-electron chi connectivity index (χ3n) is 5.44. The molecular weight excluding hydrogens is 449 g/mol. The van der Waals surface area contributed by atoms with Gasteiger partial charge >= 0.3 is 0 Å². The Morgan fingerprint density at radius 1 is 1.00 bits per heavy atom.